The molecule has 0 aliphatic rings. The molecule has 0 radical (unpaired) electrons. The highest BCUT2D eigenvalue weighted by molar-refractivity contribution is 7.90. The molecule has 0 saturated carbocycles. The van der Waals surface area contributed by atoms with Crippen LogP contribution in [0.25, 0.3) is 0 Å². The van der Waals surface area contributed by atoms with Gasteiger partial charge in [0.15, 0.2) is 9.84 Å². The first kappa shape index (κ1) is 15.9. The van der Waals surface area contributed by atoms with E-state index in [9.17, 15) is 13.2 Å². The average Bonchev–Trinajstić information content (AvgIpc) is 2.25. The molecular formula is C10H15ClN2O3S. The van der Waals surface area contributed by atoms with Crippen molar-refractivity contribution >= 4 is 28.2 Å². The third-order valence-electron chi connectivity index (χ3n) is 1.95. The van der Waals surface area contributed by atoms with Gasteiger partial charge in [0.05, 0.1) is 4.90 Å². The summed E-state index contributed by atoms with van der Waals surface area (Å²) in [6.07, 6.45) is 1.10. The van der Waals surface area contributed by atoms with E-state index >= 15 is 0 Å². The van der Waals surface area contributed by atoms with Gasteiger partial charge in [-0.15, -0.1) is 12.4 Å². The Morgan fingerprint density at radius 1 is 1.41 bits per heavy atom. The Hall–Kier alpha value is -1.11. The molecule has 0 unspecified atom stereocenters. The van der Waals surface area contributed by atoms with Gasteiger partial charge in [-0.3, -0.25) is 4.79 Å². The lowest BCUT2D eigenvalue weighted by molar-refractivity contribution is 0.0954. The lowest BCUT2D eigenvalue weighted by atomic mass is 10.2. The number of halogens is 1. The second-order valence-corrected chi connectivity index (χ2v) is 5.36. The molecule has 3 N–H and O–H groups in total. The molecule has 0 saturated heterocycles. The minimum Gasteiger partial charge on any atom is -0.351 e. The van der Waals surface area contributed by atoms with Crippen molar-refractivity contribution in [3.63, 3.8) is 0 Å². The van der Waals surface area contributed by atoms with Crippen LogP contribution in [0.15, 0.2) is 29.2 Å². The number of carbonyl (C=O) groups is 1. The Morgan fingerprint density at radius 2 is 2.06 bits per heavy atom. The van der Waals surface area contributed by atoms with Gasteiger partial charge < -0.3 is 11.1 Å². The van der Waals surface area contributed by atoms with Crippen molar-refractivity contribution in [3.8, 4) is 0 Å². The van der Waals surface area contributed by atoms with E-state index in [-0.39, 0.29) is 23.2 Å². The van der Waals surface area contributed by atoms with E-state index in [0.717, 1.165) is 6.26 Å². The fourth-order valence-electron chi connectivity index (χ4n) is 1.16. The van der Waals surface area contributed by atoms with Gasteiger partial charge >= 0.3 is 0 Å². The number of carbonyl (C=O) groups excluding carboxylic acids is 1. The molecule has 0 aliphatic carbocycles. The van der Waals surface area contributed by atoms with Crippen LogP contribution in [0.1, 0.15) is 10.4 Å². The molecule has 5 nitrogen and oxygen atoms in total. The Bertz CT molecular complexity index is 488. The lowest BCUT2D eigenvalue weighted by Crippen LogP contribution is -2.29. The van der Waals surface area contributed by atoms with Gasteiger partial charge in [-0.2, -0.15) is 0 Å². The van der Waals surface area contributed by atoms with Crippen molar-refractivity contribution in [2.45, 2.75) is 4.90 Å². The molecular weight excluding hydrogens is 264 g/mol. The van der Waals surface area contributed by atoms with Crippen LogP contribution in [0.5, 0.6) is 0 Å². The van der Waals surface area contributed by atoms with Gasteiger partial charge in [0.25, 0.3) is 5.91 Å². The highest BCUT2D eigenvalue weighted by atomic mass is 35.5. The third kappa shape index (κ3) is 4.72. The number of benzene rings is 1. The zero-order valence-electron chi connectivity index (χ0n) is 9.34. The standard InChI is InChI=1S/C10H14N2O3S.ClH/c1-16(14,15)9-4-2-3-8(7-9)10(13)12-6-5-11;/h2-4,7H,5-6,11H2,1H3,(H,12,13);1H. The van der Waals surface area contributed by atoms with Gasteiger partial charge in [0.2, 0.25) is 0 Å². The monoisotopic (exact) mass is 278 g/mol. The summed E-state index contributed by atoms with van der Waals surface area (Å²) in [5.74, 6) is -0.323. The summed E-state index contributed by atoms with van der Waals surface area (Å²) in [4.78, 5) is 11.7. The number of rotatable bonds is 4. The predicted molar refractivity (Wildman–Crippen MR) is 68.2 cm³/mol. The van der Waals surface area contributed by atoms with Crippen LogP contribution >= 0.6 is 12.4 Å². The Morgan fingerprint density at radius 3 is 2.59 bits per heavy atom. The maximum absolute atomic E-state index is 11.5. The topological polar surface area (TPSA) is 89.3 Å². The molecule has 0 fully saturated rings. The van der Waals surface area contributed by atoms with Crippen molar-refractivity contribution in [3.05, 3.63) is 29.8 Å². The van der Waals surface area contributed by atoms with Gasteiger partial charge in [0.1, 0.15) is 0 Å². The van der Waals surface area contributed by atoms with Crippen LogP contribution in [0, 0.1) is 0 Å². The first-order valence-corrected chi connectivity index (χ1v) is 6.62. The highest BCUT2D eigenvalue weighted by Gasteiger charge is 2.10. The summed E-state index contributed by atoms with van der Waals surface area (Å²) in [5, 5.41) is 2.57. The molecule has 0 spiro atoms. The van der Waals surface area contributed by atoms with Crippen LogP contribution in [0.3, 0.4) is 0 Å². The molecule has 7 heteroatoms. The van der Waals surface area contributed by atoms with E-state index in [0.29, 0.717) is 18.7 Å². The summed E-state index contributed by atoms with van der Waals surface area (Å²) in [6, 6.07) is 5.89. The summed E-state index contributed by atoms with van der Waals surface area (Å²) in [5.41, 5.74) is 5.56. The average molecular weight is 279 g/mol. The number of hydrogen-bond acceptors (Lipinski definition) is 4. The molecule has 1 aromatic rings. The molecule has 0 aromatic heterocycles. The van der Waals surface area contributed by atoms with Gasteiger partial charge in [-0.1, -0.05) is 6.07 Å². The quantitative estimate of drug-likeness (QED) is 0.823. The number of hydrogen-bond donors (Lipinski definition) is 2. The number of amides is 1. The molecule has 96 valence electrons. The fourth-order valence-corrected chi connectivity index (χ4v) is 1.82. The van der Waals surface area contributed by atoms with Crippen molar-refractivity contribution in [2.24, 2.45) is 5.73 Å². The van der Waals surface area contributed by atoms with E-state index in [2.05, 4.69) is 5.32 Å². The van der Waals surface area contributed by atoms with Crippen molar-refractivity contribution in [1.29, 1.82) is 0 Å². The van der Waals surface area contributed by atoms with E-state index in [4.69, 9.17) is 5.73 Å². The number of nitrogens with one attached hydrogen (secondary N) is 1. The fraction of sp³-hybridized carbons (Fsp3) is 0.300. The van der Waals surface area contributed by atoms with Gasteiger partial charge in [-0.05, 0) is 18.2 Å². The molecule has 1 rings (SSSR count). The van der Waals surface area contributed by atoms with E-state index in [1.54, 1.807) is 6.07 Å². The van der Waals surface area contributed by atoms with Crippen LogP contribution in [0.4, 0.5) is 0 Å². The smallest absolute Gasteiger partial charge is 0.251 e. The van der Waals surface area contributed by atoms with Crippen LogP contribution in [0.2, 0.25) is 0 Å². The molecule has 1 amide bonds. The summed E-state index contributed by atoms with van der Waals surface area (Å²) < 4.78 is 22.5. The SMILES string of the molecule is CS(=O)(=O)c1cccc(C(=O)NCCN)c1.Cl. The van der Waals surface area contributed by atoms with E-state index in [1.165, 1.54) is 18.2 Å². The van der Waals surface area contributed by atoms with Crippen LogP contribution < -0.4 is 11.1 Å². The maximum atomic E-state index is 11.5. The second-order valence-electron chi connectivity index (χ2n) is 3.34. The Balaban J connectivity index is 0.00000256. The lowest BCUT2D eigenvalue weighted by Gasteiger charge is -2.04. The zero-order valence-corrected chi connectivity index (χ0v) is 11.0. The predicted octanol–water partition coefficient (Wildman–Crippen LogP) is 0.200. The molecule has 0 heterocycles. The summed E-state index contributed by atoms with van der Waals surface area (Å²) in [6.45, 7) is 0.708. The number of nitrogens with two attached hydrogens (primary N) is 1. The first-order valence-electron chi connectivity index (χ1n) is 4.73. The molecule has 17 heavy (non-hydrogen) atoms. The largest absolute Gasteiger partial charge is 0.351 e. The van der Waals surface area contributed by atoms with Crippen molar-refractivity contribution in [1.82, 2.24) is 5.32 Å². The van der Waals surface area contributed by atoms with Crippen molar-refractivity contribution < 1.29 is 13.2 Å². The molecule has 0 aliphatic heterocycles. The normalized spacial score (nSPS) is 10.5. The summed E-state index contributed by atoms with van der Waals surface area (Å²) in [7, 11) is -3.28. The van der Waals surface area contributed by atoms with Gasteiger partial charge in [0, 0.05) is 24.9 Å². The molecule has 0 atom stereocenters. The first-order chi connectivity index (χ1) is 7.45. The van der Waals surface area contributed by atoms with E-state index in [1.807, 2.05) is 0 Å². The van der Waals surface area contributed by atoms with Crippen LogP contribution in [-0.2, 0) is 9.84 Å². The van der Waals surface area contributed by atoms with Crippen LogP contribution in [-0.4, -0.2) is 33.7 Å². The third-order valence-corrected chi connectivity index (χ3v) is 3.06. The zero-order chi connectivity index (χ0) is 12.2. The maximum Gasteiger partial charge on any atom is 0.251 e. The van der Waals surface area contributed by atoms with Gasteiger partial charge in [-0.25, -0.2) is 8.42 Å². The minimum absolute atomic E-state index is 0. The number of sulfone groups is 1. The minimum atomic E-state index is -3.28. The highest BCUT2D eigenvalue weighted by Crippen LogP contribution is 2.11. The Kier molecular flexibility index (Phi) is 6.15. The Labute approximate surface area is 107 Å². The second kappa shape index (κ2) is 6.58. The molecule has 1 aromatic carbocycles. The van der Waals surface area contributed by atoms with E-state index < -0.39 is 9.84 Å². The van der Waals surface area contributed by atoms with Crippen molar-refractivity contribution in [2.75, 3.05) is 19.3 Å². The summed E-state index contributed by atoms with van der Waals surface area (Å²) >= 11 is 0. The molecule has 0 bridgehead atoms.